The van der Waals surface area contributed by atoms with Gasteiger partial charge in [0.05, 0.1) is 0 Å². The van der Waals surface area contributed by atoms with Crippen LogP contribution in [0.1, 0.15) is 5.56 Å². The molecule has 0 unspecified atom stereocenters. The minimum absolute atomic E-state index is 0.0532. The van der Waals surface area contributed by atoms with Crippen LogP contribution in [0.5, 0.6) is 11.5 Å². The third kappa shape index (κ3) is 4.02. The summed E-state index contributed by atoms with van der Waals surface area (Å²) in [5.74, 6) is 0.118. The van der Waals surface area contributed by atoms with Crippen molar-refractivity contribution in [1.82, 2.24) is 0 Å². The molecule has 0 aliphatic rings. The Balaban J connectivity index is 2.09. The molecule has 4 aromatic carbocycles. The molecule has 0 aliphatic carbocycles. The summed E-state index contributed by atoms with van der Waals surface area (Å²) in [5, 5.41) is 21.8. The Bertz CT molecular complexity index is 1320. The fourth-order valence-electron chi connectivity index (χ4n) is 3.98. The number of aryl methyl sites for hydroxylation is 1. The molecule has 0 amide bonds. The van der Waals surface area contributed by atoms with Crippen LogP contribution in [0.2, 0.25) is 0 Å². The normalized spacial score (nSPS) is 13.2. The van der Waals surface area contributed by atoms with Crippen LogP contribution in [0.4, 0.5) is 0 Å². The summed E-state index contributed by atoms with van der Waals surface area (Å²) < 4.78 is 33.9. The van der Waals surface area contributed by atoms with Gasteiger partial charge in [0.1, 0.15) is 0 Å². The second kappa shape index (κ2) is 8.31. The molecule has 4 rings (SSSR count). The monoisotopic (exact) mass is 480 g/mol. The van der Waals surface area contributed by atoms with E-state index in [9.17, 15) is 18.6 Å². The van der Waals surface area contributed by atoms with E-state index in [1.54, 1.807) is 36.4 Å². The van der Waals surface area contributed by atoms with Crippen molar-refractivity contribution in [1.29, 1.82) is 0 Å². The third-order valence-electron chi connectivity index (χ3n) is 5.92. The first-order valence-corrected chi connectivity index (χ1v) is 14.3. The molecule has 0 atom stereocenters. The van der Waals surface area contributed by atoms with Crippen LogP contribution in [0.3, 0.4) is 0 Å². The van der Waals surface area contributed by atoms with Gasteiger partial charge in [-0.2, -0.15) is 0 Å². The van der Waals surface area contributed by atoms with Gasteiger partial charge in [-0.15, -0.1) is 0 Å². The van der Waals surface area contributed by atoms with Crippen molar-refractivity contribution in [3.05, 3.63) is 109 Å². The minimum atomic E-state index is -4.22. The maximum atomic E-state index is 13.7. The Morgan fingerprint density at radius 1 is 0.636 bits per heavy atom. The van der Waals surface area contributed by atoms with Crippen molar-refractivity contribution in [2.24, 2.45) is 0 Å². The summed E-state index contributed by atoms with van der Waals surface area (Å²) in [6.07, 6.45) is 0. The predicted octanol–water partition coefficient (Wildman–Crippen LogP) is 4.19. The maximum absolute atomic E-state index is 13.7. The van der Waals surface area contributed by atoms with Crippen LogP contribution in [0.25, 0.3) is 0 Å². The van der Waals surface area contributed by atoms with Gasteiger partial charge in [-0.3, -0.25) is 0 Å². The molecule has 0 fully saturated rings. The summed E-state index contributed by atoms with van der Waals surface area (Å²) >= 11 is 0. The van der Waals surface area contributed by atoms with E-state index in [1.807, 2.05) is 43.9 Å². The van der Waals surface area contributed by atoms with Gasteiger partial charge < -0.3 is 0 Å². The molecule has 0 radical (unpaired) electrons. The molecule has 0 saturated carbocycles. The first kappa shape index (κ1) is 23.0. The van der Waals surface area contributed by atoms with Crippen LogP contribution in [0.15, 0.2) is 108 Å². The second-order valence-electron chi connectivity index (χ2n) is 8.17. The van der Waals surface area contributed by atoms with Crippen molar-refractivity contribution in [2.75, 3.05) is 6.66 Å². The van der Waals surface area contributed by atoms with Crippen LogP contribution < -0.4 is 15.9 Å². The van der Waals surface area contributed by atoms with Gasteiger partial charge in [0.25, 0.3) is 0 Å². The van der Waals surface area contributed by atoms with E-state index in [0.29, 0.717) is 15.9 Å². The summed E-state index contributed by atoms with van der Waals surface area (Å²) in [7, 11) is -4.22. The average molecular weight is 481 g/mol. The topological polar surface area (TPSA) is 83.8 Å². The Morgan fingerprint density at radius 3 is 1.52 bits per heavy atom. The van der Waals surface area contributed by atoms with Crippen LogP contribution >= 0.6 is 6.83 Å². The fourth-order valence-corrected chi connectivity index (χ4v) is 11.3. The molecule has 0 heterocycles. The van der Waals surface area contributed by atoms with Crippen molar-refractivity contribution >= 4 is 32.9 Å². The van der Waals surface area contributed by atoms with Gasteiger partial charge in [0.15, 0.2) is 0 Å². The van der Waals surface area contributed by atoms with E-state index >= 15 is 0 Å². The Hall–Kier alpha value is -3.18. The van der Waals surface area contributed by atoms with Crippen molar-refractivity contribution in [3.63, 3.8) is 0 Å². The summed E-state index contributed by atoms with van der Waals surface area (Å²) in [4.78, 5) is 0.0532. The number of hydrogen-bond donors (Lipinski definition) is 2. The molecule has 170 valence electrons. The zero-order valence-electron chi connectivity index (χ0n) is 18.3. The number of aromatic hydroxyl groups is 2. The number of benzene rings is 4. The van der Waals surface area contributed by atoms with Crippen LogP contribution in [0, 0.1) is 6.92 Å². The zero-order valence-corrected chi connectivity index (χ0v) is 20.0. The molecule has 2 N–H and O–H groups in total. The third-order valence-corrected chi connectivity index (χ3v) is 13.7. The summed E-state index contributed by atoms with van der Waals surface area (Å²) in [6.45, 7) is -0.427. The second-order valence-corrected chi connectivity index (χ2v) is 14.6. The quantitative estimate of drug-likeness (QED) is 0.405. The number of phenolic OH excluding ortho intramolecular Hbond substituents is 2. The van der Waals surface area contributed by atoms with E-state index in [4.69, 9.17) is 3.97 Å². The molecule has 0 aromatic heterocycles. The van der Waals surface area contributed by atoms with Crippen LogP contribution in [-0.4, -0.2) is 25.3 Å². The van der Waals surface area contributed by atoms with Gasteiger partial charge in [0.2, 0.25) is 0 Å². The Labute approximate surface area is 194 Å². The number of phenols is 2. The Morgan fingerprint density at radius 2 is 1.06 bits per heavy atom. The van der Waals surface area contributed by atoms with Crippen molar-refractivity contribution < 1.29 is 22.6 Å². The molecular weight excluding hydrogens is 455 g/mol. The molecule has 33 heavy (non-hydrogen) atoms. The first-order chi connectivity index (χ1) is 15.6. The zero-order chi connectivity index (χ0) is 23.7. The van der Waals surface area contributed by atoms with E-state index in [2.05, 4.69) is 0 Å². The van der Waals surface area contributed by atoms with Crippen LogP contribution in [-0.2, 0) is 14.1 Å². The van der Waals surface area contributed by atoms with Gasteiger partial charge in [-0.25, -0.2) is 0 Å². The first-order valence-electron chi connectivity index (χ1n) is 10.3. The number of hydrogen-bond acceptors (Lipinski definition) is 5. The van der Waals surface area contributed by atoms with Gasteiger partial charge in [-0.05, 0) is 0 Å². The molecule has 0 aliphatic heterocycles. The SMILES string of the molecule is Cc1ccc(S(=O)(=O)OP(C)(c2ccccc2)(c2ccc(O)cc2)c2ccc(O)cc2)cc1. The Kier molecular flexibility index (Phi) is 5.79. The fraction of sp³-hybridized carbons (Fsp3) is 0.0769. The summed E-state index contributed by atoms with van der Waals surface area (Å²) in [5.41, 5.74) is 0.933. The van der Waals surface area contributed by atoms with E-state index in [0.717, 1.165) is 5.56 Å². The molecule has 4 aromatic rings. The average Bonchev–Trinajstić information content (AvgIpc) is 2.80. The standard InChI is InChI=1S/C26H25O5PS/c1-20-8-18-26(19-9-20)33(29,30)31-32(2,23-6-4-3-5-7-23,24-14-10-21(27)11-15-24)25-16-12-22(28)13-17-25/h3-19,27-28H,1-2H3. The molecular formula is C26H25O5PS. The van der Waals surface area contributed by atoms with E-state index in [1.165, 1.54) is 36.4 Å². The van der Waals surface area contributed by atoms with E-state index in [-0.39, 0.29) is 16.4 Å². The number of rotatable bonds is 6. The summed E-state index contributed by atoms with van der Waals surface area (Å²) in [6, 6.07) is 28.6. The molecule has 5 nitrogen and oxygen atoms in total. The van der Waals surface area contributed by atoms with Gasteiger partial charge in [-0.1, -0.05) is 0 Å². The molecule has 0 spiro atoms. The molecule has 0 saturated heterocycles. The molecule has 0 bridgehead atoms. The van der Waals surface area contributed by atoms with Gasteiger partial charge >= 0.3 is 194 Å². The molecule has 7 heteroatoms. The van der Waals surface area contributed by atoms with Gasteiger partial charge in [0, 0.05) is 0 Å². The predicted molar refractivity (Wildman–Crippen MR) is 134 cm³/mol. The van der Waals surface area contributed by atoms with Crippen molar-refractivity contribution in [2.45, 2.75) is 11.8 Å². The van der Waals surface area contributed by atoms with E-state index < -0.39 is 16.9 Å². The van der Waals surface area contributed by atoms with Crippen molar-refractivity contribution in [3.8, 4) is 11.5 Å².